The van der Waals surface area contributed by atoms with Gasteiger partial charge >= 0.3 is 0 Å². The molecule has 298 valence electrons. The summed E-state index contributed by atoms with van der Waals surface area (Å²) < 4.78 is 25.4. The summed E-state index contributed by atoms with van der Waals surface area (Å²) in [6, 6.07) is 14.3. The standard InChI is InChI=1S/C46H80N2O4/c1-9-11-13-15-17-19-21-23-25-27-34-49-43-33-32-41(52-46(6,7)8)37-42(43)48-44(50-35-28-26-24-22-20-18-16-14-12-10-2)38-47-39-30-29-31-40(36-39)51-45(3,4)5/h29-33,36-37,44,47-48H,9-28,34-35,38H2,1-8H3. The lowest BCUT2D eigenvalue weighted by molar-refractivity contribution is 0.0771. The Morgan fingerprint density at radius 3 is 1.54 bits per heavy atom. The minimum absolute atomic E-state index is 0.259. The maximum absolute atomic E-state index is 6.56. The normalized spacial score (nSPS) is 12.5. The largest absolute Gasteiger partial charge is 0.491 e. The fourth-order valence-corrected chi connectivity index (χ4v) is 6.31. The highest BCUT2D eigenvalue weighted by molar-refractivity contribution is 5.60. The van der Waals surface area contributed by atoms with Crippen molar-refractivity contribution in [3.05, 3.63) is 42.5 Å². The first kappa shape index (κ1) is 45.6. The van der Waals surface area contributed by atoms with E-state index in [9.17, 15) is 0 Å². The van der Waals surface area contributed by atoms with Crippen molar-refractivity contribution in [2.24, 2.45) is 0 Å². The average Bonchev–Trinajstić information content (AvgIpc) is 3.08. The molecule has 2 N–H and O–H groups in total. The van der Waals surface area contributed by atoms with Gasteiger partial charge in [0, 0.05) is 24.4 Å². The Balaban J connectivity index is 2.03. The van der Waals surface area contributed by atoms with E-state index in [0.29, 0.717) is 19.8 Å². The van der Waals surface area contributed by atoms with Crippen LogP contribution in [0.25, 0.3) is 0 Å². The Kier molecular flexibility index (Phi) is 23.7. The first-order valence-corrected chi connectivity index (χ1v) is 21.4. The molecule has 6 heteroatoms. The van der Waals surface area contributed by atoms with Gasteiger partial charge in [0.1, 0.15) is 34.7 Å². The van der Waals surface area contributed by atoms with Crippen molar-refractivity contribution in [2.45, 2.75) is 201 Å². The van der Waals surface area contributed by atoms with E-state index in [1.807, 2.05) is 24.3 Å². The van der Waals surface area contributed by atoms with Crippen molar-refractivity contribution >= 4 is 11.4 Å². The molecular weight excluding hydrogens is 645 g/mol. The van der Waals surface area contributed by atoms with Crippen molar-refractivity contribution < 1.29 is 18.9 Å². The van der Waals surface area contributed by atoms with Crippen LogP contribution in [0, 0.1) is 0 Å². The number of ether oxygens (including phenoxy) is 4. The molecule has 2 aromatic carbocycles. The van der Waals surface area contributed by atoms with Crippen molar-refractivity contribution in [3.8, 4) is 17.2 Å². The van der Waals surface area contributed by atoms with E-state index in [2.05, 4.69) is 84.2 Å². The summed E-state index contributed by atoms with van der Waals surface area (Å²) in [6.07, 6.45) is 25.8. The first-order chi connectivity index (χ1) is 25.0. The molecule has 52 heavy (non-hydrogen) atoms. The van der Waals surface area contributed by atoms with Crippen molar-refractivity contribution in [3.63, 3.8) is 0 Å². The third-order valence-corrected chi connectivity index (χ3v) is 9.01. The van der Waals surface area contributed by atoms with E-state index in [0.717, 1.165) is 41.5 Å². The molecule has 2 rings (SSSR count). The van der Waals surface area contributed by atoms with Crippen LogP contribution >= 0.6 is 0 Å². The maximum Gasteiger partial charge on any atom is 0.145 e. The molecule has 0 radical (unpaired) electrons. The van der Waals surface area contributed by atoms with Crippen LogP contribution in [0.2, 0.25) is 0 Å². The Hall–Kier alpha value is -2.60. The van der Waals surface area contributed by atoms with Crippen molar-refractivity contribution in [1.29, 1.82) is 0 Å². The van der Waals surface area contributed by atoms with Gasteiger partial charge in [0.15, 0.2) is 0 Å². The molecule has 1 unspecified atom stereocenters. The summed E-state index contributed by atoms with van der Waals surface area (Å²) in [5, 5.41) is 7.31. The van der Waals surface area contributed by atoms with Crippen LogP contribution in [0.1, 0.15) is 184 Å². The summed E-state index contributed by atoms with van der Waals surface area (Å²) in [7, 11) is 0. The van der Waals surface area contributed by atoms with Crippen molar-refractivity contribution in [2.75, 3.05) is 30.4 Å². The predicted octanol–water partition coefficient (Wildman–Crippen LogP) is 14.1. The van der Waals surface area contributed by atoms with Crippen LogP contribution in [0.3, 0.4) is 0 Å². The Labute approximate surface area is 320 Å². The lowest BCUT2D eigenvalue weighted by Gasteiger charge is -2.26. The van der Waals surface area contributed by atoms with E-state index >= 15 is 0 Å². The topological polar surface area (TPSA) is 61.0 Å². The van der Waals surface area contributed by atoms with Crippen LogP contribution in [0.15, 0.2) is 42.5 Å². The SMILES string of the molecule is CCCCCCCCCCCCOc1ccc(OC(C)(C)C)cc1NC(CNc1cccc(OC(C)(C)C)c1)OCCCCCCCCCCCC. The number of rotatable bonds is 31. The van der Waals surface area contributed by atoms with Crippen LogP contribution in [-0.4, -0.2) is 37.2 Å². The molecule has 0 amide bonds. The molecule has 0 bridgehead atoms. The molecule has 0 heterocycles. The molecule has 0 aliphatic carbocycles. The van der Waals surface area contributed by atoms with Crippen LogP contribution in [0.5, 0.6) is 17.2 Å². The summed E-state index contributed by atoms with van der Waals surface area (Å²) in [5.74, 6) is 2.50. The number of hydrogen-bond acceptors (Lipinski definition) is 6. The van der Waals surface area contributed by atoms with Gasteiger partial charge in [-0.2, -0.15) is 0 Å². The molecule has 1 atom stereocenters. The van der Waals surface area contributed by atoms with Crippen LogP contribution in [0.4, 0.5) is 11.4 Å². The molecule has 0 aromatic heterocycles. The summed E-state index contributed by atoms with van der Waals surface area (Å²) in [5.41, 5.74) is 1.33. The van der Waals surface area contributed by atoms with E-state index in [-0.39, 0.29) is 17.4 Å². The zero-order valence-electron chi connectivity index (χ0n) is 35.0. The predicted molar refractivity (Wildman–Crippen MR) is 225 cm³/mol. The zero-order chi connectivity index (χ0) is 37.9. The lowest BCUT2D eigenvalue weighted by atomic mass is 10.1. The van der Waals surface area contributed by atoms with Gasteiger partial charge in [0.25, 0.3) is 0 Å². The first-order valence-electron chi connectivity index (χ1n) is 21.4. The minimum Gasteiger partial charge on any atom is -0.491 e. The van der Waals surface area contributed by atoms with Gasteiger partial charge in [-0.15, -0.1) is 0 Å². The van der Waals surface area contributed by atoms with Crippen molar-refractivity contribution in [1.82, 2.24) is 0 Å². The number of benzene rings is 2. The van der Waals surface area contributed by atoms with Crippen LogP contribution < -0.4 is 24.8 Å². The van der Waals surface area contributed by atoms with Gasteiger partial charge in [0.05, 0.1) is 18.8 Å². The summed E-state index contributed by atoms with van der Waals surface area (Å²) in [4.78, 5) is 0. The van der Waals surface area contributed by atoms with Crippen LogP contribution in [-0.2, 0) is 4.74 Å². The van der Waals surface area contributed by atoms with E-state index in [1.54, 1.807) is 0 Å². The van der Waals surface area contributed by atoms with Gasteiger partial charge in [0.2, 0.25) is 0 Å². The highest BCUT2D eigenvalue weighted by Gasteiger charge is 2.18. The van der Waals surface area contributed by atoms with Gasteiger partial charge in [-0.25, -0.2) is 0 Å². The lowest BCUT2D eigenvalue weighted by Crippen LogP contribution is -2.32. The zero-order valence-corrected chi connectivity index (χ0v) is 35.0. The second kappa shape index (κ2) is 27.1. The average molecular weight is 725 g/mol. The van der Waals surface area contributed by atoms with E-state index < -0.39 is 0 Å². The molecular formula is C46H80N2O4. The van der Waals surface area contributed by atoms with Gasteiger partial charge in [-0.1, -0.05) is 135 Å². The Morgan fingerprint density at radius 1 is 0.538 bits per heavy atom. The minimum atomic E-state index is -0.303. The quantitative estimate of drug-likeness (QED) is 0.0596. The maximum atomic E-state index is 6.56. The van der Waals surface area contributed by atoms with Gasteiger partial charge < -0.3 is 29.6 Å². The monoisotopic (exact) mass is 725 g/mol. The van der Waals surface area contributed by atoms with Gasteiger partial charge in [-0.3, -0.25) is 0 Å². The highest BCUT2D eigenvalue weighted by atomic mass is 16.5. The van der Waals surface area contributed by atoms with E-state index in [1.165, 1.54) is 116 Å². The molecule has 0 fully saturated rings. The molecule has 0 spiro atoms. The third-order valence-electron chi connectivity index (χ3n) is 9.01. The second-order valence-corrected chi connectivity index (χ2v) is 16.7. The molecule has 0 saturated carbocycles. The smallest absolute Gasteiger partial charge is 0.145 e. The summed E-state index contributed by atoms with van der Waals surface area (Å²) >= 11 is 0. The molecule has 2 aromatic rings. The number of unbranched alkanes of at least 4 members (excludes halogenated alkanes) is 18. The van der Waals surface area contributed by atoms with Gasteiger partial charge in [-0.05, 0) is 78.6 Å². The van der Waals surface area contributed by atoms with E-state index in [4.69, 9.17) is 18.9 Å². The molecule has 0 aliphatic heterocycles. The second-order valence-electron chi connectivity index (χ2n) is 16.7. The third kappa shape index (κ3) is 23.9. The fourth-order valence-electron chi connectivity index (χ4n) is 6.31. The highest BCUT2D eigenvalue weighted by Crippen LogP contribution is 2.32. The molecule has 0 saturated heterocycles. The molecule has 0 aliphatic rings. The Morgan fingerprint density at radius 2 is 1.02 bits per heavy atom. The molecule has 6 nitrogen and oxygen atoms in total. The number of anilines is 2. The fraction of sp³-hybridized carbons (Fsp3) is 0.739. The number of nitrogens with one attached hydrogen (secondary N) is 2. The number of hydrogen-bond donors (Lipinski definition) is 2. The Bertz CT molecular complexity index is 1160. The summed E-state index contributed by atoms with van der Waals surface area (Å²) in [6.45, 7) is 19.0.